The van der Waals surface area contributed by atoms with Crippen LogP contribution in [0.2, 0.25) is 0 Å². The summed E-state index contributed by atoms with van der Waals surface area (Å²) in [4.78, 5) is 0. The van der Waals surface area contributed by atoms with Crippen molar-refractivity contribution in [2.45, 2.75) is 55.1 Å². The van der Waals surface area contributed by atoms with Crippen LogP contribution in [0, 0.1) is 0 Å². The number of alkyl halides is 13. The fraction of sp³-hybridized carbons (Fsp3) is 1.00. The van der Waals surface area contributed by atoms with Crippen LogP contribution in [0.25, 0.3) is 0 Å². The van der Waals surface area contributed by atoms with E-state index in [1.807, 2.05) is 0 Å². The molecule has 27 heavy (non-hydrogen) atoms. The monoisotopic (exact) mass is 468 g/mol. The highest BCUT2D eigenvalue weighted by Gasteiger charge is 2.90. The summed E-state index contributed by atoms with van der Waals surface area (Å²) >= 11 is 4.36. The van der Waals surface area contributed by atoms with Gasteiger partial charge in [-0.05, 0) is 30.1 Å². The maximum Gasteiger partial charge on any atom is 0.460 e. The van der Waals surface area contributed by atoms with Gasteiger partial charge in [0.25, 0.3) is 0 Å². The van der Waals surface area contributed by atoms with Gasteiger partial charge in [0.2, 0.25) is 0 Å². The van der Waals surface area contributed by atoms with Gasteiger partial charge in [-0.2, -0.15) is 81.5 Å². The van der Waals surface area contributed by atoms with Gasteiger partial charge in [0, 0.05) is 6.42 Å². The van der Waals surface area contributed by atoms with Crippen molar-refractivity contribution >= 4 is 24.4 Å². The van der Waals surface area contributed by atoms with Crippen LogP contribution in [0.3, 0.4) is 0 Å². The average molecular weight is 468 g/mol. The third kappa shape index (κ3) is 5.04. The predicted octanol–water partition coefficient (Wildman–Crippen LogP) is 6.56. The Kier molecular flexibility index (Phi) is 8.59. The molecule has 0 fully saturated rings. The van der Waals surface area contributed by atoms with E-state index in [1.54, 1.807) is 0 Å². The number of unbranched alkanes of at least 4 members (excludes halogenated alkanes) is 1. The van der Waals surface area contributed by atoms with Crippen molar-refractivity contribution in [2.24, 2.45) is 0 Å². The first kappa shape index (κ1) is 26.8. The fourth-order valence-electron chi connectivity index (χ4n) is 1.58. The van der Waals surface area contributed by atoms with Gasteiger partial charge < -0.3 is 0 Å². The molecule has 0 aliphatic heterocycles. The van der Waals surface area contributed by atoms with Crippen LogP contribution in [-0.4, -0.2) is 53.0 Å². The summed E-state index contributed by atoms with van der Waals surface area (Å²) in [6, 6.07) is 0. The molecule has 0 nitrogen and oxygen atoms in total. The molecule has 0 saturated carbocycles. The molecule has 0 saturated heterocycles. The molecular weight excluding hydrogens is 455 g/mol. The average Bonchev–Trinajstić information content (AvgIpc) is 2.48. The Hall–Kier alpha value is -0.210. The molecule has 0 aromatic heterocycles. The minimum Gasteiger partial charge on any atom is -0.200 e. The van der Waals surface area contributed by atoms with Gasteiger partial charge in [-0.1, -0.05) is 0 Å². The Morgan fingerprint density at radius 3 is 1.41 bits per heavy atom. The van der Waals surface area contributed by atoms with E-state index in [0.717, 1.165) is 0 Å². The van der Waals surface area contributed by atoms with Gasteiger partial charge in [-0.25, -0.2) is 0 Å². The number of halogens is 13. The molecule has 0 N–H and O–H groups in total. The molecule has 0 heterocycles. The van der Waals surface area contributed by atoms with E-state index in [2.05, 4.69) is 12.6 Å². The zero-order valence-corrected chi connectivity index (χ0v) is 14.7. The van der Waals surface area contributed by atoms with Crippen molar-refractivity contribution in [1.82, 2.24) is 0 Å². The maximum absolute atomic E-state index is 13.4. The van der Waals surface area contributed by atoms with E-state index in [9.17, 15) is 57.1 Å². The van der Waals surface area contributed by atoms with Crippen molar-refractivity contribution in [3.63, 3.8) is 0 Å². The second-order valence-electron chi connectivity index (χ2n) is 5.29. The van der Waals surface area contributed by atoms with E-state index in [1.165, 1.54) is 0 Å². The second kappa shape index (κ2) is 8.66. The molecule has 15 heteroatoms. The van der Waals surface area contributed by atoms with Crippen LogP contribution in [0.4, 0.5) is 57.1 Å². The zero-order chi connectivity index (χ0) is 21.9. The van der Waals surface area contributed by atoms with Gasteiger partial charge >= 0.3 is 35.8 Å². The van der Waals surface area contributed by atoms with Crippen molar-refractivity contribution in [2.75, 3.05) is 17.3 Å². The van der Waals surface area contributed by atoms with Crippen LogP contribution in [0.1, 0.15) is 19.3 Å². The van der Waals surface area contributed by atoms with Crippen LogP contribution >= 0.6 is 24.4 Å². The molecule has 0 atom stereocenters. The first-order chi connectivity index (χ1) is 11.8. The smallest absolute Gasteiger partial charge is 0.200 e. The minimum atomic E-state index is -7.83. The maximum atomic E-state index is 13.4. The van der Waals surface area contributed by atoms with Crippen LogP contribution in [-0.2, 0) is 0 Å². The molecule has 0 radical (unpaired) electrons. The van der Waals surface area contributed by atoms with Crippen molar-refractivity contribution < 1.29 is 57.1 Å². The van der Waals surface area contributed by atoms with Crippen molar-refractivity contribution in [1.29, 1.82) is 0 Å². The molecule has 0 aromatic carbocycles. The van der Waals surface area contributed by atoms with E-state index in [4.69, 9.17) is 0 Å². The third-order valence-corrected chi connectivity index (χ3v) is 4.64. The molecule has 0 aromatic rings. The Labute approximate surface area is 154 Å². The van der Waals surface area contributed by atoms with Gasteiger partial charge in [0.15, 0.2) is 0 Å². The van der Waals surface area contributed by atoms with E-state index < -0.39 is 48.0 Å². The van der Waals surface area contributed by atoms with Crippen molar-refractivity contribution in [3.05, 3.63) is 0 Å². The van der Waals surface area contributed by atoms with Gasteiger partial charge in [0.05, 0.1) is 0 Å². The van der Waals surface area contributed by atoms with E-state index in [-0.39, 0.29) is 5.75 Å². The Morgan fingerprint density at radius 2 is 1.00 bits per heavy atom. The first-order valence-electron chi connectivity index (χ1n) is 6.95. The second-order valence-corrected chi connectivity index (χ2v) is 6.96. The number of rotatable bonds is 11. The summed E-state index contributed by atoms with van der Waals surface area (Å²) in [5.41, 5.74) is 0. The van der Waals surface area contributed by atoms with Gasteiger partial charge in [0.1, 0.15) is 0 Å². The first-order valence-corrected chi connectivity index (χ1v) is 8.74. The number of thiol groups is 1. The summed E-state index contributed by atoms with van der Waals surface area (Å²) < 4.78 is 167. The highest BCUT2D eigenvalue weighted by Crippen LogP contribution is 2.60. The normalized spacial score (nSPS) is 15.3. The summed E-state index contributed by atoms with van der Waals surface area (Å²) in [5, 5.41) is 0. The number of thioether (sulfide) groups is 1. The standard InChI is InChI=1S/C12H13F13S2/c13-7(14,3-6-27-5-2-1-4-26)8(15,16)9(17,18)10(19,20)11(21,22)12(23,24)25/h26H,1-6H2. The highest BCUT2D eigenvalue weighted by molar-refractivity contribution is 7.99. The SMILES string of the molecule is FC(F)(F)C(F)(F)C(F)(F)C(F)(F)C(F)(F)C(F)(F)CCSCCCCS. The van der Waals surface area contributed by atoms with Crippen molar-refractivity contribution in [3.8, 4) is 0 Å². The number of hydrogen-bond acceptors (Lipinski definition) is 2. The molecule has 0 aliphatic rings. The molecule has 0 spiro atoms. The molecular formula is C12H13F13S2. The molecule has 0 amide bonds. The van der Waals surface area contributed by atoms with Crippen LogP contribution in [0.15, 0.2) is 0 Å². The molecule has 0 aliphatic carbocycles. The van der Waals surface area contributed by atoms with Gasteiger partial charge in [-0.3, -0.25) is 0 Å². The molecule has 0 unspecified atom stereocenters. The lowest BCUT2D eigenvalue weighted by Gasteiger charge is -2.39. The lowest BCUT2D eigenvalue weighted by Crippen LogP contribution is -2.70. The number of hydrogen-bond donors (Lipinski definition) is 1. The zero-order valence-electron chi connectivity index (χ0n) is 13.0. The quantitative estimate of drug-likeness (QED) is 0.204. The van der Waals surface area contributed by atoms with Gasteiger partial charge in [-0.15, -0.1) is 0 Å². The molecule has 164 valence electrons. The minimum absolute atomic E-state index is 0.0981. The van der Waals surface area contributed by atoms with Crippen LogP contribution < -0.4 is 0 Å². The lowest BCUT2D eigenvalue weighted by atomic mass is 9.93. The van der Waals surface area contributed by atoms with E-state index in [0.29, 0.717) is 30.4 Å². The Balaban J connectivity index is 5.50. The Bertz CT molecular complexity index is 472. The summed E-state index contributed by atoms with van der Waals surface area (Å²) in [6.07, 6.45) is -8.65. The van der Waals surface area contributed by atoms with Crippen LogP contribution in [0.5, 0.6) is 0 Å². The molecule has 0 rings (SSSR count). The van der Waals surface area contributed by atoms with E-state index >= 15 is 0 Å². The lowest BCUT2D eigenvalue weighted by molar-refractivity contribution is -0.439. The summed E-state index contributed by atoms with van der Waals surface area (Å²) in [6.45, 7) is 0. The predicted molar refractivity (Wildman–Crippen MR) is 75.8 cm³/mol. The largest absolute Gasteiger partial charge is 0.460 e. The topological polar surface area (TPSA) is 0 Å². The Morgan fingerprint density at radius 1 is 0.556 bits per heavy atom. The highest BCUT2D eigenvalue weighted by atomic mass is 32.2. The molecule has 0 bridgehead atoms. The fourth-order valence-corrected chi connectivity index (χ4v) is 2.81. The third-order valence-electron chi connectivity index (χ3n) is 3.26. The summed E-state index contributed by atoms with van der Waals surface area (Å²) in [5.74, 6) is -36.8. The summed E-state index contributed by atoms with van der Waals surface area (Å²) in [7, 11) is 0.